The van der Waals surface area contributed by atoms with Crippen LogP contribution in [0.25, 0.3) is 0 Å². The van der Waals surface area contributed by atoms with E-state index in [0.717, 1.165) is 43.2 Å². The maximum Gasteiger partial charge on any atom is 0.272 e. The second kappa shape index (κ2) is 7.27. The molecular weight excluding hydrogens is 288 g/mol. The molecule has 1 aliphatic heterocycles. The third-order valence-corrected chi connectivity index (χ3v) is 4.62. The lowest BCUT2D eigenvalue weighted by atomic mass is 9.82. The van der Waals surface area contributed by atoms with Crippen molar-refractivity contribution in [3.8, 4) is 0 Å². The summed E-state index contributed by atoms with van der Waals surface area (Å²) in [6, 6.07) is 0. The molecule has 0 spiro atoms. The molecule has 1 saturated carbocycles. The van der Waals surface area contributed by atoms with E-state index in [4.69, 9.17) is 0 Å². The largest absolute Gasteiger partial charge is 0.350 e. The molecule has 5 nitrogen and oxygen atoms in total. The standard InChI is InChI=1S/C15H24N4O.ClH/c1-10-3-2-4-11(7-10)8-17-15(20)14-12-9-16-6-5-13(12)18-19-14;/h10-11,16H,2-9H2,1H3,(H,17,20)(H,18,19);1H. The first-order chi connectivity index (χ1) is 9.74. The molecule has 1 aliphatic carbocycles. The molecule has 0 radical (unpaired) electrons. The van der Waals surface area contributed by atoms with E-state index in [1.165, 1.54) is 25.7 Å². The minimum atomic E-state index is -0.0237. The molecular formula is C15H25ClN4O. The van der Waals surface area contributed by atoms with E-state index in [9.17, 15) is 4.79 Å². The van der Waals surface area contributed by atoms with E-state index in [0.29, 0.717) is 11.6 Å². The van der Waals surface area contributed by atoms with Crippen LogP contribution in [0.2, 0.25) is 0 Å². The molecule has 3 rings (SSSR count). The van der Waals surface area contributed by atoms with Gasteiger partial charge in [0.1, 0.15) is 0 Å². The Morgan fingerprint density at radius 3 is 3.10 bits per heavy atom. The minimum Gasteiger partial charge on any atom is -0.350 e. The van der Waals surface area contributed by atoms with Gasteiger partial charge < -0.3 is 10.6 Å². The van der Waals surface area contributed by atoms with Gasteiger partial charge in [-0.05, 0) is 24.7 Å². The van der Waals surface area contributed by atoms with Gasteiger partial charge >= 0.3 is 0 Å². The van der Waals surface area contributed by atoms with Crippen LogP contribution in [0.4, 0.5) is 0 Å². The van der Waals surface area contributed by atoms with Gasteiger partial charge in [0.05, 0.1) is 0 Å². The van der Waals surface area contributed by atoms with Gasteiger partial charge in [0.25, 0.3) is 5.91 Å². The lowest BCUT2D eigenvalue weighted by molar-refractivity contribution is 0.0934. The number of aromatic amines is 1. The first-order valence-electron chi connectivity index (χ1n) is 7.79. The highest BCUT2D eigenvalue weighted by atomic mass is 35.5. The Morgan fingerprint density at radius 1 is 1.43 bits per heavy atom. The quantitative estimate of drug-likeness (QED) is 0.800. The first-order valence-corrected chi connectivity index (χ1v) is 7.79. The smallest absolute Gasteiger partial charge is 0.272 e. The second-order valence-corrected chi connectivity index (χ2v) is 6.30. The number of aromatic nitrogens is 2. The molecule has 0 saturated heterocycles. The maximum absolute atomic E-state index is 12.3. The van der Waals surface area contributed by atoms with Crippen molar-refractivity contribution in [1.29, 1.82) is 0 Å². The van der Waals surface area contributed by atoms with Crippen LogP contribution in [0.5, 0.6) is 0 Å². The van der Waals surface area contributed by atoms with Crippen LogP contribution in [0, 0.1) is 11.8 Å². The third-order valence-electron chi connectivity index (χ3n) is 4.62. The first kappa shape index (κ1) is 16.3. The van der Waals surface area contributed by atoms with Crippen molar-refractivity contribution in [2.45, 2.75) is 45.6 Å². The van der Waals surface area contributed by atoms with E-state index in [1.807, 2.05) is 0 Å². The summed E-state index contributed by atoms with van der Waals surface area (Å²) in [6.45, 7) is 4.80. The lowest BCUT2D eigenvalue weighted by Gasteiger charge is -2.26. The summed E-state index contributed by atoms with van der Waals surface area (Å²) in [6.07, 6.45) is 6.04. The van der Waals surface area contributed by atoms with E-state index < -0.39 is 0 Å². The topological polar surface area (TPSA) is 69.8 Å². The second-order valence-electron chi connectivity index (χ2n) is 6.30. The number of fused-ring (bicyclic) bond motifs is 1. The van der Waals surface area contributed by atoms with Crippen molar-refractivity contribution in [2.75, 3.05) is 13.1 Å². The Hall–Kier alpha value is -1.07. The molecule has 2 atom stereocenters. The van der Waals surface area contributed by atoms with Crippen LogP contribution in [0.15, 0.2) is 0 Å². The number of halogens is 1. The number of carbonyl (C=O) groups excluding carboxylic acids is 1. The van der Waals surface area contributed by atoms with E-state index >= 15 is 0 Å². The maximum atomic E-state index is 12.3. The van der Waals surface area contributed by atoms with Gasteiger partial charge in [-0.25, -0.2) is 0 Å². The Kier molecular flexibility index (Phi) is 5.65. The normalized spacial score (nSPS) is 24.8. The molecule has 0 aromatic carbocycles. The van der Waals surface area contributed by atoms with Crippen molar-refractivity contribution < 1.29 is 4.79 Å². The van der Waals surface area contributed by atoms with Crippen LogP contribution >= 0.6 is 12.4 Å². The summed E-state index contributed by atoms with van der Waals surface area (Å²) in [5.74, 6) is 1.41. The third kappa shape index (κ3) is 3.77. The number of H-pyrrole nitrogens is 1. The average Bonchev–Trinajstić information content (AvgIpc) is 2.89. The highest BCUT2D eigenvalue weighted by Gasteiger charge is 2.23. The summed E-state index contributed by atoms with van der Waals surface area (Å²) in [5, 5.41) is 13.6. The van der Waals surface area contributed by atoms with Crippen LogP contribution in [-0.2, 0) is 13.0 Å². The van der Waals surface area contributed by atoms with Crippen LogP contribution in [0.1, 0.15) is 54.4 Å². The van der Waals surface area contributed by atoms with Gasteiger partial charge in [-0.15, -0.1) is 12.4 Å². The van der Waals surface area contributed by atoms with Gasteiger partial charge in [-0.2, -0.15) is 5.10 Å². The Morgan fingerprint density at radius 2 is 2.29 bits per heavy atom. The van der Waals surface area contributed by atoms with Gasteiger partial charge in [-0.1, -0.05) is 19.8 Å². The summed E-state index contributed by atoms with van der Waals surface area (Å²) < 4.78 is 0. The molecule has 2 aliphatic rings. The predicted octanol–water partition coefficient (Wildman–Crippen LogP) is 2.03. The van der Waals surface area contributed by atoms with Crippen LogP contribution in [0.3, 0.4) is 0 Å². The van der Waals surface area contributed by atoms with Gasteiger partial charge in [-0.3, -0.25) is 9.89 Å². The fraction of sp³-hybridized carbons (Fsp3) is 0.733. The average molecular weight is 313 g/mol. The number of amides is 1. The zero-order valence-electron chi connectivity index (χ0n) is 12.6. The van der Waals surface area contributed by atoms with Crippen molar-refractivity contribution in [3.05, 3.63) is 17.0 Å². The highest BCUT2D eigenvalue weighted by molar-refractivity contribution is 5.94. The fourth-order valence-electron chi connectivity index (χ4n) is 3.48. The number of rotatable bonds is 3. The number of nitrogens with one attached hydrogen (secondary N) is 3. The number of hydrogen-bond acceptors (Lipinski definition) is 3. The monoisotopic (exact) mass is 312 g/mol. The van der Waals surface area contributed by atoms with E-state index in [2.05, 4.69) is 27.8 Å². The molecule has 1 fully saturated rings. The minimum absolute atomic E-state index is 0. The SMILES string of the molecule is CC1CCCC(CNC(=O)c2n[nH]c3c2CNCC3)C1.Cl. The van der Waals surface area contributed by atoms with Crippen LogP contribution in [-0.4, -0.2) is 29.2 Å². The number of hydrogen-bond donors (Lipinski definition) is 3. The summed E-state index contributed by atoms with van der Waals surface area (Å²) in [4.78, 5) is 12.3. The Bertz CT molecular complexity index is 488. The van der Waals surface area contributed by atoms with Gasteiger partial charge in [0.15, 0.2) is 5.69 Å². The zero-order chi connectivity index (χ0) is 13.9. The zero-order valence-corrected chi connectivity index (χ0v) is 13.4. The Labute approximate surface area is 132 Å². The Balaban J connectivity index is 0.00000161. The molecule has 0 bridgehead atoms. The summed E-state index contributed by atoms with van der Waals surface area (Å²) >= 11 is 0. The molecule has 1 amide bonds. The number of carbonyl (C=O) groups is 1. The molecule has 1 aromatic heterocycles. The summed E-state index contributed by atoms with van der Waals surface area (Å²) in [5.41, 5.74) is 2.74. The van der Waals surface area contributed by atoms with Crippen molar-refractivity contribution in [3.63, 3.8) is 0 Å². The molecule has 2 heterocycles. The van der Waals surface area contributed by atoms with Crippen molar-refractivity contribution >= 4 is 18.3 Å². The van der Waals surface area contributed by atoms with Gasteiger partial charge in [0.2, 0.25) is 0 Å². The van der Waals surface area contributed by atoms with Gasteiger partial charge in [0, 0.05) is 37.3 Å². The summed E-state index contributed by atoms with van der Waals surface area (Å²) in [7, 11) is 0. The van der Waals surface area contributed by atoms with E-state index in [-0.39, 0.29) is 18.3 Å². The molecule has 6 heteroatoms. The number of nitrogens with zero attached hydrogens (tertiary/aromatic N) is 1. The molecule has 2 unspecified atom stereocenters. The predicted molar refractivity (Wildman–Crippen MR) is 84.7 cm³/mol. The molecule has 3 N–H and O–H groups in total. The molecule has 118 valence electrons. The highest BCUT2D eigenvalue weighted by Crippen LogP contribution is 2.28. The fourth-order valence-corrected chi connectivity index (χ4v) is 3.48. The van der Waals surface area contributed by atoms with Crippen molar-refractivity contribution in [2.24, 2.45) is 11.8 Å². The van der Waals surface area contributed by atoms with Crippen molar-refractivity contribution in [1.82, 2.24) is 20.8 Å². The molecule has 1 aromatic rings. The van der Waals surface area contributed by atoms with E-state index in [1.54, 1.807) is 0 Å². The molecule has 21 heavy (non-hydrogen) atoms. The lowest BCUT2D eigenvalue weighted by Crippen LogP contribution is -2.33. The van der Waals surface area contributed by atoms with Crippen LogP contribution < -0.4 is 10.6 Å².